The molecule has 3 atom stereocenters. The fourth-order valence-corrected chi connectivity index (χ4v) is 8.21. The molecule has 2 amide bonds. The Hall–Kier alpha value is -4.12. The molecule has 0 spiro atoms. The number of hydrogen-bond acceptors (Lipinski definition) is 8. The van der Waals surface area contributed by atoms with E-state index < -0.39 is 0 Å². The van der Waals surface area contributed by atoms with E-state index in [2.05, 4.69) is 29.2 Å². The molecule has 3 heterocycles. The number of methoxy groups -OCH3 is 1. The lowest BCUT2D eigenvalue weighted by Crippen LogP contribution is -2.47. The van der Waals surface area contributed by atoms with Crippen molar-refractivity contribution in [2.24, 2.45) is 0 Å². The van der Waals surface area contributed by atoms with E-state index >= 15 is 0 Å². The van der Waals surface area contributed by atoms with Gasteiger partial charge in [-0.25, -0.2) is 4.79 Å². The van der Waals surface area contributed by atoms with Crippen LogP contribution in [0.15, 0.2) is 72.8 Å². The first-order valence-corrected chi connectivity index (χ1v) is 19.2. The van der Waals surface area contributed by atoms with Crippen molar-refractivity contribution in [1.29, 1.82) is 0 Å². The van der Waals surface area contributed by atoms with Crippen LogP contribution in [-0.4, -0.2) is 93.1 Å². The number of fused-ring (bicyclic) bond motifs is 1. The second kappa shape index (κ2) is 17.6. The number of anilines is 1. The van der Waals surface area contributed by atoms with Crippen molar-refractivity contribution in [3.63, 3.8) is 0 Å². The average molecular weight is 712 g/mol. The molecule has 7 rings (SSSR count). The van der Waals surface area contributed by atoms with Gasteiger partial charge in [-0.3, -0.25) is 9.69 Å². The largest absolute Gasteiger partial charge is 0.489 e. The molecule has 3 aromatic rings. The predicted molar refractivity (Wildman–Crippen MR) is 199 cm³/mol. The van der Waals surface area contributed by atoms with Gasteiger partial charge < -0.3 is 33.5 Å². The maximum atomic E-state index is 13.3. The molecule has 1 saturated carbocycles. The number of likely N-dealkylation sites (tertiary alicyclic amines) is 2. The summed E-state index contributed by atoms with van der Waals surface area (Å²) in [5, 5.41) is 0. The minimum Gasteiger partial charge on any atom is -0.489 e. The SMILES string of the molecule is COCCCN1C(=O)COc2ccc(COC3CN(C(=O)OCc4ccccc4)CCC3c3ccc(OC4CCN(C5CCCCC5)C4)cc3)cc21. The molecule has 3 aliphatic heterocycles. The van der Waals surface area contributed by atoms with Crippen molar-refractivity contribution < 1.29 is 33.3 Å². The second-order valence-electron chi connectivity index (χ2n) is 14.6. The van der Waals surface area contributed by atoms with Crippen LogP contribution in [0, 0.1) is 0 Å². The topological polar surface area (TPSA) is 90.0 Å². The number of piperidine rings is 1. The third-order valence-corrected chi connectivity index (χ3v) is 11.1. The van der Waals surface area contributed by atoms with Crippen LogP contribution in [0.4, 0.5) is 10.5 Å². The van der Waals surface area contributed by atoms with Crippen molar-refractivity contribution in [1.82, 2.24) is 9.80 Å². The molecule has 52 heavy (non-hydrogen) atoms. The van der Waals surface area contributed by atoms with Gasteiger partial charge in [0.05, 0.1) is 24.9 Å². The maximum absolute atomic E-state index is 13.3. The molecule has 3 unspecified atom stereocenters. The zero-order valence-electron chi connectivity index (χ0n) is 30.5. The molecule has 2 saturated heterocycles. The Bertz CT molecular complexity index is 1610. The van der Waals surface area contributed by atoms with Crippen LogP contribution >= 0.6 is 0 Å². The molecule has 1 aliphatic carbocycles. The maximum Gasteiger partial charge on any atom is 0.410 e. The van der Waals surface area contributed by atoms with Crippen molar-refractivity contribution >= 4 is 17.7 Å². The van der Waals surface area contributed by atoms with Crippen LogP contribution in [0.5, 0.6) is 11.5 Å². The Morgan fingerprint density at radius 3 is 2.50 bits per heavy atom. The summed E-state index contributed by atoms with van der Waals surface area (Å²) in [6.07, 6.45) is 8.88. The van der Waals surface area contributed by atoms with E-state index in [0.29, 0.717) is 38.6 Å². The zero-order chi connectivity index (χ0) is 35.7. The van der Waals surface area contributed by atoms with Gasteiger partial charge in [-0.1, -0.05) is 67.8 Å². The molecular formula is C42H53N3O7. The fraction of sp³-hybridized carbons (Fsp3) is 0.524. The third kappa shape index (κ3) is 9.08. The highest BCUT2D eigenvalue weighted by atomic mass is 16.6. The average Bonchev–Trinajstić information content (AvgIpc) is 3.66. The van der Waals surface area contributed by atoms with E-state index in [1.54, 1.807) is 16.9 Å². The van der Waals surface area contributed by atoms with Crippen LogP contribution < -0.4 is 14.4 Å². The van der Waals surface area contributed by atoms with Gasteiger partial charge in [0.1, 0.15) is 24.2 Å². The number of hydrogen-bond donors (Lipinski definition) is 0. The zero-order valence-corrected chi connectivity index (χ0v) is 30.5. The fourth-order valence-electron chi connectivity index (χ4n) is 8.21. The first kappa shape index (κ1) is 36.2. The molecule has 0 radical (unpaired) electrons. The Balaban J connectivity index is 1.02. The molecule has 10 nitrogen and oxygen atoms in total. The summed E-state index contributed by atoms with van der Waals surface area (Å²) in [6.45, 7) is 4.81. The highest BCUT2D eigenvalue weighted by Gasteiger charge is 2.35. The van der Waals surface area contributed by atoms with Gasteiger partial charge in [0.25, 0.3) is 5.91 Å². The lowest BCUT2D eigenvalue weighted by Gasteiger charge is -2.38. The number of ether oxygens (including phenoxy) is 5. The Morgan fingerprint density at radius 2 is 1.69 bits per heavy atom. The van der Waals surface area contributed by atoms with Crippen molar-refractivity contribution in [3.05, 3.63) is 89.5 Å². The lowest BCUT2D eigenvalue weighted by molar-refractivity contribution is -0.121. The molecule has 0 bridgehead atoms. The first-order chi connectivity index (χ1) is 25.5. The van der Waals surface area contributed by atoms with Gasteiger partial charge in [-0.05, 0) is 73.1 Å². The van der Waals surface area contributed by atoms with Crippen molar-refractivity contribution in [2.45, 2.75) is 88.7 Å². The summed E-state index contributed by atoms with van der Waals surface area (Å²) >= 11 is 0. The summed E-state index contributed by atoms with van der Waals surface area (Å²) in [7, 11) is 1.66. The van der Waals surface area contributed by atoms with Gasteiger partial charge >= 0.3 is 6.09 Å². The number of amides is 2. The summed E-state index contributed by atoms with van der Waals surface area (Å²) in [6, 6.07) is 24.8. The number of rotatable bonds is 13. The minimum absolute atomic E-state index is 0.0270. The van der Waals surface area contributed by atoms with Crippen LogP contribution in [0.3, 0.4) is 0 Å². The van der Waals surface area contributed by atoms with Crippen LogP contribution in [0.1, 0.15) is 74.0 Å². The van der Waals surface area contributed by atoms with Gasteiger partial charge in [0, 0.05) is 51.9 Å². The molecule has 3 aromatic carbocycles. The van der Waals surface area contributed by atoms with E-state index in [9.17, 15) is 9.59 Å². The van der Waals surface area contributed by atoms with Gasteiger partial charge in [-0.2, -0.15) is 0 Å². The van der Waals surface area contributed by atoms with E-state index in [1.807, 2.05) is 48.5 Å². The second-order valence-corrected chi connectivity index (χ2v) is 14.6. The minimum atomic E-state index is -0.338. The van der Waals surface area contributed by atoms with E-state index in [4.69, 9.17) is 23.7 Å². The number of carbonyl (C=O) groups excluding carboxylic acids is 2. The summed E-state index contributed by atoms with van der Waals surface area (Å²) < 4.78 is 29.9. The predicted octanol–water partition coefficient (Wildman–Crippen LogP) is 6.95. The van der Waals surface area contributed by atoms with Crippen LogP contribution in [-0.2, 0) is 32.2 Å². The third-order valence-electron chi connectivity index (χ3n) is 11.1. The van der Waals surface area contributed by atoms with E-state index in [1.165, 1.54) is 37.7 Å². The Labute approximate surface area is 307 Å². The molecule has 10 heteroatoms. The van der Waals surface area contributed by atoms with Gasteiger partial charge in [-0.15, -0.1) is 0 Å². The Morgan fingerprint density at radius 1 is 0.865 bits per heavy atom. The highest BCUT2D eigenvalue weighted by molar-refractivity contribution is 5.97. The summed E-state index contributed by atoms with van der Waals surface area (Å²) in [5.74, 6) is 1.60. The van der Waals surface area contributed by atoms with Crippen LogP contribution in [0.2, 0.25) is 0 Å². The number of benzene rings is 3. The monoisotopic (exact) mass is 711 g/mol. The highest BCUT2D eigenvalue weighted by Crippen LogP contribution is 2.36. The number of nitrogens with zero attached hydrogens (tertiary/aromatic N) is 3. The molecule has 0 N–H and O–H groups in total. The van der Waals surface area contributed by atoms with E-state index in [-0.39, 0.29) is 43.3 Å². The summed E-state index contributed by atoms with van der Waals surface area (Å²) in [5.41, 5.74) is 3.79. The quantitative estimate of drug-likeness (QED) is 0.176. The van der Waals surface area contributed by atoms with Crippen LogP contribution in [0.25, 0.3) is 0 Å². The molecule has 0 aromatic heterocycles. The molecule has 4 aliphatic rings. The smallest absolute Gasteiger partial charge is 0.410 e. The first-order valence-electron chi connectivity index (χ1n) is 19.2. The molecule has 278 valence electrons. The molecule has 3 fully saturated rings. The van der Waals surface area contributed by atoms with Gasteiger partial charge in [0.15, 0.2) is 6.61 Å². The van der Waals surface area contributed by atoms with Gasteiger partial charge in [0.2, 0.25) is 0 Å². The molecular weight excluding hydrogens is 658 g/mol. The Kier molecular flexibility index (Phi) is 12.3. The normalized spacial score (nSPS) is 22.6. The summed E-state index contributed by atoms with van der Waals surface area (Å²) in [4.78, 5) is 32.2. The van der Waals surface area contributed by atoms with E-state index in [0.717, 1.165) is 61.0 Å². The lowest BCUT2D eigenvalue weighted by atomic mass is 9.87. The standard InChI is InChI=1S/C42H53N3O7/c1-48-24-8-21-45-38-25-32(13-18-39(38)50-30-41(45)46)29-49-40-27-44(42(47)51-28-31-9-4-2-5-10-31)23-20-37(40)33-14-16-35(17-15-33)52-36-19-22-43(26-36)34-11-6-3-7-12-34/h2,4-5,9-10,13-18,25,34,36-37,40H,3,6-8,11-12,19-24,26-30H2,1H3. The van der Waals surface area contributed by atoms with Crippen molar-refractivity contribution in [3.8, 4) is 11.5 Å². The number of carbonyl (C=O) groups is 2. The van der Waals surface area contributed by atoms with Crippen molar-refractivity contribution in [2.75, 3.05) is 57.9 Å².